The second-order valence-corrected chi connectivity index (χ2v) is 7.98. The standard InChI is InChI=1S/C19H13Br3N4/c20-14-3-1-13(2-4-14)19(25-23-17-9-5-15(21)6-10-17)26-24-18-11-7-16(22)8-12-18/h1-12,23H/b25-19-,26-24?. The number of rotatable bonds is 4. The van der Waals surface area contributed by atoms with Crippen LogP contribution in [0.5, 0.6) is 0 Å². The highest BCUT2D eigenvalue weighted by Gasteiger charge is 2.03. The summed E-state index contributed by atoms with van der Waals surface area (Å²) in [4.78, 5) is 0. The van der Waals surface area contributed by atoms with E-state index in [0.29, 0.717) is 5.84 Å². The molecule has 0 unspecified atom stereocenters. The highest BCUT2D eigenvalue weighted by Crippen LogP contribution is 2.19. The lowest BCUT2D eigenvalue weighted by atomic mass is 10.2. The Kier molecular flexibility index (Phi) is 6.71. The van der Waals surface area contributed by atoms with Gasteiger partial charge in [-0.05, 0) is 72.8 Å². The van der Waals surface area contributed by atoms with Gasteiger partial charge in [0.2, 0.25) is 5.84 Å². The van der Waals surface area contributed by atoms with E-state index in [1.165, 1.54) is 0 Å². The van der Waals surface area contributed by atoms with Crippen LogP contribution in [0.15, 0.2) is 102 Å². The zero-order chi connectivity index (χ0) is 18.4. The molecule has 26 heavy (non-hydrogen) atoms. The lowest BCUT2D eigenvalue weighted by molar-refractivity contribution is 1.22. The molecule has 0 saturated carbocycles. The number of amidine groups is 1. The lowest BCUT2D eigenvalue weighted by Crippen LogP contribution is -2.01. The molecule has 0 bridgehead atoms. The topological polar surface area (TPSA) is 49.1 Å². The third-order valence-corrected chi connectivity index (χ3v) is 4.91. The Morgan fingerprint density at radius 1 is 0.654 bits per heavy atom. The van der Waals surface area contributed by atoms with Crippen molar-refractivity contribution in [2.75, 3.05) is 5.43 Å². The number of benzene rings is 3. The second-order valence-electron chi connectivity index (χ2n) is 5.24. The van der Waals surface area contributed by atoms with Crippen LogP contribution in [0.2, 0.25) is 0 Å². The maximum absolute atomic E-state index is 4.42. The van der Waals surface area contributed by atoms with E-state index in [1.54, 1.807) is 0 Å². The Balaban J connectivity index is 1.87. The van der Waals surface area contributed by atoms with Crippen molar-refractivity contribution < 1.29 is 0 Å². The lowest BCUT2D eigenvalue weighted by Gasteiger charge is -2.04. The van der Waals surface area contributed by atoms with Crippen molar-refractivity contribution in [1.29, 1.82) is 0 Å². The van der Waals surface area contributed by atoms with Gasteiger partial charge in [0.25, 0.3) is 0 Å². The molecule has 0 spiro atoms. The van der Waals surface area contributed by atoms with E-state index in [2.05, 4.69) is 68.5 Å². The molecule has 0 aliphatic rings. The first kappa shape index (κ1) is 18.9. The molecule has 0 amide bonds. The molecular formula is C19H13Br3N4. The summed E-state index contributed by atoms with van der Waals surface area (Å²) in [5, 5.41) is 13.0. The number of halogens is 3. The van der Waals surface area contributed by atoms with Crippen LogP contribution in [0, 0.1) is 0 Å². The average Bonchev–Trinajstić information content (AvgIpc) is 2.65. The molecule has 3 rings (SSSR count). The number of nitrogens with one attached hydrogen (secondary N) is 1. The molecule has 0 radical (unpaired) electrons. The van der Waals surface area contributed by atoms with Crippen molar-refractivity contribution in [3.8, 4) is 0 Å². The number of hydrazone groups is 1. The SMILES string of the molecule is Brc1ccc(N=N/C(=N\Nc2ccc(Br)cc2)c2ccc(Br)cc2)cc1. The first-order chi connectivity index (χ1) is 12.6. The predicted octanol–water partition coefficient (Wildman–Crippen LogP) is 7.53. The van der Waals surface area contributed by atoms with Gasteiger partial charge in [-0.25, -0.2) is 0 Å². The predicted molar refractivity (Wildman–Crippen MR) is 117 cm³/mol. The number of nitrogens with zero attached hydrogens (tertiary/aromatic N) is 3. The molecule has 0 fully saturated rings. The highest BCUT2D eigenvalue weighted by molar-refractivity contribution is 9.11. The van der Waals surface area contributed by atoms with Gasteiger partial charge < -0.3 is 0 Å². The maximum Gasteiger partial charge on any atom is 0.201 e. The van der Waals surface area contributed by atoms with Crippen LogP contribution in [-0.4, -0.2) is 5.84 Å². The van der Waals surface area contributed by atoms with Crippen LogP contribution in [0.3, 0.4) is 0 Å². The van der Waals surface area contributed by atoms with Crippen LogP contribution >= 0.6 is 47.8 Å². The van der Waals surface area contributed by atoms with Crippen molar-refractivity contribution in [1.82, 2.24) is 0 Å². The van der Waals surface area contributed by atoms with Crippen LogP contribution in [-0.2, 0) is 0 Å². The molecule has 0 aliphatic heterocycles. The molecular weight excluding hydrogens is 524 g/mol. The van der Waals surface area contributed by atoms with Crippen molar-refractivity contribution >= 4 is 65.0 Å². The summed E-state index contributed by atoms with van der Waals surface area (Å²) >= 11 is 10.3. The first-order valence-corrected chi connectivity index (χ1v) is 10.0. The molecule has 3 aromatic carbocycles. The van der Waals surface area contributed by atoms with Gasteiger partial charge in [0, 0.05) is 19.0 Å². The summed E-state index contributed by atoms with van der Waals surface area (Å²) in [6.45, 7) is 0. The Hall–Kier alpha value is -1.83. The molecule has 0 saturated heterocycles. The molecule has 0 atom stereocenters. The molecule has 4 nitrogen and oxygen atoms in total. The third kappa shape index (κ3) is 5.59. The van der Waals surface area contributed by atoms with E-state index in [-0.39, 0.29) is 0 Å². The summed E-state index contributed by atoms with van der Waals surface area (Å²) in [5.74, 6) is 0.489. The average molecular weight is 537 g/mol. The first-order valence-electron chi connectivity index (χ1n) is 7.63. The van der Waals surface area contributed by atoms with Crippen LogP contribution in [0.25, 0.3) is 0 Å². The number of hydrogen-bond acceptors (Lipinski definition) is 3. The van der Waals surface area contributed by atoms with Gasteiger partial charge in [-0.3, -0.25) is 5.43 Å². The number of azo groups is 1. The Morgan fingerprint density at radius 3 is 1.73 bits per heavy atom. The molecule has 0 aromatic heterocycles. The van der Waals surface area contributed by atoms with E-state index in [1.807, 2.05) is 72.8 Å². The van der Waals surface area contributed by atoms with Crippen LogP contribution in [0.4, 0.5) is 11.4 Å². The smallest absolute Gasteiger partial charge is 0.201 e. The largest absolute Gasteiger partial charge is 0.276 e. The fraction of sp³-hybridized carbons (Fsp3) is 0. The Bertz CT molecular complexity index is 919. The van der Waals surface area contributed by atoms with Gasteiger partial charge >= 0.3 is 0 Å². The molecule has 7 heteroatoms. The Morgan fingerprint density at radius 2 is 1.15 bits per heavy atom. The number of anilines is 1. The minimum absolute atomic E-state index is 0.489. The zero-order valence-corrected chi connectivity index (χ0v) is 18.2. The molecule has 0 aliphatic carbocycles. The normalized spacial score (nSPS) is 11.7. The minimum atomic E-state index is 0.489. The van der Waals surface area contributed by atoms with Crippen molar-refractivity contribution in [2.24, 2.45) is 15.3 Å². The fourth-order valence-electron chi connectivity index (χ4n) is 2.00. The summed E-state index contributed by atoms with van der Waals surface area (Å²) in [6.07, 6.45) is 0. The van der Waals surface area contributed by atoms with Gasteiger partial charge in [-0.15, -0.1) is 10.2 Å². The molecule has 130 valence electrons. The summed E-state index contributed by atoms with van der Waals surface area (Å²) < 4.78 is 3.00. The van der Waals surface area contributed by atoms with E-state index >= 15 is 0 Å². The van der Waals surface area contributed by atoms with E-state index in [4.69, 9.17) is 0 Å². The van der Waals surface area contributed by atoms with Crippen molar-refractivity contribution in [3.63, 3.8) is 0 Å². The fourth-order valence-corrected chi connectivity index (χ4v) is 2.79. The summed E-state index contributed by atoms with van der Waals surface area (Å²) in [7, 11) is 0. The van der Waals surface area contributed by atoms with Crippen LogP contribution in [0.1, 0.15) is 5.56 Å². The molecule has 3 aromatic rings. The molecule has 0 heterocycles. The van der Waals surface area contributed by atoms with Gasteiger partial charge in [0.1, 0.15) is 0 Å². The van der Waals surface area contributed by atoms with E-state index in [0.717, 1.165) is 30.4 Å². The van der Waals surface area contributed by atoms with E-state index < -0.39 is 0 Å². The van der Waals surface area contributed by atoms with Gasteiger partial charge in [0.15, 0.2) is 0 Å². The van der Waals surface area contributed by atoms with Crippen LogP contribution < -0.4 is 5.43 Å². The second kappa shape index (κ2) is 9.21. The Labute approximate surface area is 176 Å². The third-order valence-electron chi connectivity index (χ3n) is 3.32. The molecule has 1 N–H and O–H groups in total. The quantitative estimate of drug-likeness (QED) is 0.159. The summed E-state index contributed by atoms with van der Waals surface area (Å²) in [5.41, 5.74) is 5.50. The summed E-state index contributed by atoms with van der Waals surface area (Å²) in [6, 6.07) is 23.1. The van der Waals surface area contributed by atoms with Gasteiger partial charge in [-0.1, -0.05) is 47.8 Å². The van der Waals surface area contributed by atoms with Crippen molar-refractivity contribution in [3.05, 3.63) is 91.8 Å². The highest BCUT2D eigenvalue weighted by atomic mass is 79.9. The monoisotopic (exact) mass is 534 g/mol. The minimum Gasteiger partial charge on any atom is -0.276 e. The maximum atomic E-state index is 4.42. The van der Waals surface area contributed by atoms with Crippen molar-refractivity contribution in [2.45, 2.75) is 0 Å². The van der Waals surface area contributed by atoms with E-state index in [9.17, 15) is 0 Å². The zero-order valence-electron chi connectivity index (χ0n) is 13.4. The number of hydrogen-bond donors (Lipinski definition) is 1. The van der Waals surface area contributed by atoms with Gasteiger partial charge in [-0.2, -0.15) is 5.10 Å². The van der Waals surface area contributed by atoms with Gasteiger partial charge in [0.05, 0.1) is 11.4 Å².